The van der Waals surface area contributed by atoms with Crippen molar-refractivity contribution in [2.75, 3.05) is 7.11 Å². The van der Waals surface area contributed by atoms with E-state index in [1.165, 1.54) is 57.8 Å². The molecule has 2 aliphatic rings. The summed E-state index contributed by atoms with van der Waals surface area (Å²) in [6, 6.07) is 1.28. The van der Waals surface area contributed by atoms with E-state index in [9.17, 15) is 0 Å². The molecule has 2 nitrogen and oxygen atoms in total. The highest BCUT2D eigenvalue weighted by atomic mass is 16.5. The van der Waals surface area contributed by atoms with E-state index < -0.39 is 0 Å². The highest BCUT2D eigenvalue weighted by molar-refractivity contribution is 4.86. The van der Waals surface area contributed by atoms with E-state index in [2.05, 4.69) is 12.2 Å². The van der Waals surface area contributed by atoms with Crippen LogP contribution in [0.3, 0.4) is 0 Å². The molecule has 0 amide bonds. The van der Waals surface area contributed by atoms with E-state index in [0.717, 1.165) is 5.92 Å². The molecule has 100 valence electrons. The smallest absolute Gasteiger partial charge is 0.0724 e. The molecule has 0 bridgehead atoms. The van der Waals surface area contributed by atoms with Gasteiger partial charge in [0.1, 0.15) is 0 Å². The fourth-order valence-electron chi connectivity index (χ4n) is 3.68. The van der Waals surface area contributed by atoms with Crippen LogP contribution in [0.2, 0.25) is 0 Å². The third-order valence-electron chi connectivity index (χ3n) is 4.84. The van der Waals surface area contributed by atoms with Gasteiger partial charge in [0.15, 0.2) is 0 Å². The van der Waals surface area contributed by atoms with Gasteiger partial charge in [0.05, 0.1) is 6.10 Å². The summed E-state index contributed by atoms with van der Waals surface area (Å²) in [5.41, 5.74) is 0. The van der Waals surface area contributed by atoms with Gasteiger partial charge in [-0.05, 0) is 38.5 Å². The van der Waals surface area contributed by atoms with E-state index in [0.29, 0.717) is 18.2 Å². The lowest BCUT2D eigenvalue weighted by atomic mass is 9.83. The number of methoxy groups -OCH3 is 1. The van der Waals surface area contributed by atoms with Gasteiger partial charge in [-0.25, -0.2) is 0 Å². The molecule has 3 atom stereocenters. The van der Waals surface area contributed by atoms with Gasteiger partial charge < -0.3 is 10.1 Å². The van der Waals surface area contributed by atoms with Crippen molar-refractivity contribution in [3.8, 4) is 0 Å². The first-order chi connectivity index (χ1) is 8.31. The minimum Gasteiger partial charge on any atom is -0.380 e. The maximum atomic E-state index is 5.63. The number of rotatable bonds is 4. The van der Waals surface area contributed by atoms with Crippen molar-refractivity contribution >= 4 is 0 Å². The molecule has 2 fully saturated rings. The van der Waals surface area contributed by atoms with Crippen molar-refractivity contribution in [2.45, 2.75) is 82.9 Å². The molecule has 17 heavy (non-hydrogen) atoms. The predicted molar refractivity (Wildman–Crippen MR) is 72.2 cm³/mol. The Morgan fingerprint density at radius 2 is 1.59 bits per heavy atom. The molecular formula is C15H29NO. The van der Waals surface area contributed by atoms with Crippen LogP contribution < -0.4 is 5.32 Å². The van der Waals surface area contributed by atoms with Crippen LogP contribution in [-0.4, -0.2) is 25.3 Å². The Labute approximate surface area is 107 Å². The van der Waals surface area contributed by atoms with Gasteiger partial charge in [0.25, 0.3) is 0 Å². The van der Waals surface area contributed by atoms with E-state index in [-0.39, 0.29) is 0 Å². The predicted octanol–water partition coefficient (Wildman–Crippen LogP) is 3.50. The standard InChI is InChI=1S/C15H29NO/c1-12(13-8-4-3-5-9-13)16-14-10-6-7-11-15(14)17-2/h12-16H,3-11H2,1-2H3/t12-,14?,15?/m0/s1. The molecule has 0 heterocycles. The van der Waals surface area contributed by atoms with E-state index in [1.807, 2.05) is 7.11 Å². The van der Waals surface area contributed by atoms with Crippen LogP contribution in [0.4, 0.5) is 0 Å². The minimum absolute atomic E-state index is 0.454. The first-order valence-corrected chi connectivity index (χ1v) is 7.60. The molecule has 2 heteroatoms. The summed E-state index contributed by atoms with van der Waals surface area (Å²) in [6.45, 7) is 2.39. The molecule has 2 rings (SSSR count). The fraction of sp³-hybridized carbons (Fsp3) is 1.00. The molecule has 0 saturated heterocycles. The lowest BCUT2D eigenvalue weighted by Gasteiger charge is -2.37. The summed E-state index contributed by atoms with van der Waals surface area (Å²) in [5, 5.41) is 3.86. The van der Waals surface area contributed by atoms with Crippen LogP contribution in [0.15, 0.2) is 0 Å². The first kappa shape index (κ1) is 13.4. The SMILES string of the molecule is COC1CCCCC1N[C@@H](C)C1CCCCC1. The van der Waals surface area contributed by atoms with Crippen LogP contribution in [0.5, 0.6) is 0 Å². The molecule has 0 aliphatic heterocycles. The third kappa shape index (κ3) is 3.69. The van der Waals surface area contributed by atoms with E-state index >= 15 is 0 Å². The van der Waals surface area contributed by atoms with Crippen LogP contribution in [0.25, 0.3) is 0 Å². The Hall–Kier alpha value is -0.0800. The average molecular weight is 239 g/mol. The largest absolute Gasteiger partial charge is 0.380 e. The van der Waals surface area contributed by atoms with E-state index in [4.69, 9.17) is 4.74 Å². The second-order valence-electron chi connectivity index (χ2n) is 6.02. The Morgan fingerprint density at radius 3 is 2.29 bits per heavy atom. The lowest BCUT2D eigenvalue weighted by Crippen LogP contribution is -2.49. The number of nitrogens with one attached hydrogen (secondary N) is 1. The highest BCUT2D eigenvalue weighted by Gasteiger charge is 2.28. The maximum Gasteiger partial charge on any atom is 0.0724 e. The van der Waals surface area contributed by atoms with Gasteiger partial charge in [0.2, 0.25) is 0 Å². The van der Waals surface area contributed by atoms with Crippen molar-refractivity contribution in [3.05, 3.63) is 0 Å². The summed E-state index contributed by atoms with van der Waals surface area (Å²) in [7, 11) is 1.87. The summed E-state index contributed by atoms with van der Waals surface area (Å²) in [5.74, 6) is 0.906. The quantitative estimate of drug-likeness (QED) is 0.810. The van der Waals surface area contributed by atoms with Gasteiger partial charge >= 0.3 is 0 Å². The molecule has 0 aromatic rings. The van der Waals surface area contributed by atoms with Gasteiger partial charge in [-0.1, -0.05) is 32.1 Å². The van der Waals surface area contributed by atoms with Gasteiger partial charge in [0, 0.05) is 19.2 Å². The molecule has 0 aromatic heterocycles. The molecule has 1 N–H and O–H groups in total. The number of ether oxygens (including phenoxy) is 1. The Kier molecular flexibility index (Phi) is 5.30. The van der Waals surface area contributed by atoms with Gasteiger partial charge in [-0.15, -0.1) is 0 Å². The van der Waals surface area contributed by atoms with Crippen LogP contribution in [0, 0.1) is 5.92 Å². The van der Waals surface area contributed by atoms with Crippen molar-refractivity contribution in [1.29, 1.82) is 0 Å². The molecule has 0 spiro atoms. The highest BCUT2D eigenvalue weighted by Crippen LogP contribution is 2.28. The zero-order valence-electron chi connectivity index (χ0n) is 11.6. The summed E-state index contributed by atoms with van der Waals surface area (Å²) < 4.78 is 5.63. The summed E-state index contributed by atoms with van der Waals surface area (Å²) in [4.78, 5) is 0. The lowest BCUT2D eigenvalue weighted by molar-refractivity contribution is 0.0344. The minimum atomic E-state index is 0.454. The molecule has 2 unspecified atom stereocenters. The fourth-order valence-corrected chi connectivity index (χ4v) is 3.68. The van der Waals surface area contributed by atoms with Crippen LogP contribution >= 0.6 is 0 Å². The molecule has 0 radical (unpaired) electrons. The topological polar surface area (TPSA) is 21.3 Å². The van der Waals surface area contributed by atoms with Crippen LogP contribution in [0.1, 0.15) is 64.7 Å². The van der Waals surface area contributed by atoms with Crippen molar-refractivity contribution < 1.29 is 4.74 Å². The molecule has 0 aromatic carbocycles. The zero-order valence-corrected chi connectivity index (χ0v) is 11.6. The second kappa shape index (κ2) is 6.75. The second-order valence-corrected chi connectivity index (χ2v) is 6.02. The molecule has 2 aliphatic carbocycles. The monoisotopic (exact) mass is 239 g/mol. The third-order valence-corrected chi connectivity index (χ3v) is 4.84. The molecule has 2 saturated carbocycles. The van der Waals surface area contributed by atoms with Crippen molar-refractivity contribution in [1.82, 2.24) is 5.32 Å². The average Bonchev–Trinajstić information content (AvgIpc) is 2.40. The Morgan fingerprint density at radius 1 is 0.941 bits per heavy atom. The normalized spacial score (nSPS) is 33.5. The van der Waals surface area contributed by atoms with Crippen molar-refractivity contribution in [2.24, 2.45) is 5.92 Å². The van der Waals surface area contributed by atoms with E-state index in [1.54, 1.807) is 0 Å². The summed E-state index contributed by atoms with van der Waals surface area (Å²) in [6.07, 6.45) is 12.9. The number of hydrogen-bond acceptors (Lipinski definition) is 2. The maximum absolute atomic E-state index is 5.63. The Balaban J connectivity index is 1.81. The van der Waals surface area contributed by atoms with Gasteiger partial charge in [-0.2, -0.15) is 0 Å². The zero-order chi connectivity index (χ0) is 12.1. The summed E-state index contributed by atoms with van der Waals surface area (Å²) >= 11 is 0. The Bertz CT molecular complexity index is 213. The first-order valence-electron chi connectivity index (χ1n) is 7.60. The van der Waals surface area contributed by atoms with Crippen molar-refractivity contribution in [3.63, 3.8) is 0 Å². The number of hydrogen-bond donors (Lipinski definition) is 1. The molecular weight excluding hydrogens is 210 g/mol. The van der Waals surface area contributed by atoms with Crippen LogP contribution in [-0.2, 0) is 4.74 Å². The van der Waals surface area contributed by atoms with Gasteiger partial charge in [-0.3, -0.25) is 0 Å².